The molecule has 1 aromatic carbocycles. The number of carbonyl (C=O) groups excluding carboxylic acids is 1. The second kappa shape index (κ2) is 5.73. The van der Waals surface area contributed by atoms with E-state index in [4.69, 9.17) is 4.74 Å². The van der Waals surface area contributed by atoms with E-state index in [0.717, 1.165) is 24.5 Å². The van der Waals surface area contributed by atoms with Gasteiger partial charge < -0.3 is 20.7 Å². The first-order chi connectivity index (χ1) is 8.70. The Labute approximate surface area is 107 Å². The van der Waals surface area contributed by atoms with Crippen molar-refractivity contribution < 1.29 is 9.53 Å². The molecule has 1 aromatic rings. The first-order valence-electron chi connectivity index (χ1n) is 6.13. The van der Waals surface area contributed by atoms with Crippen molar-refractivity contribution in [2.24, 2.45) is 0 Å². The van der Waals surface area contributed by atoms with Gasteiger partial charge in [-0.1, -0.05) is 0 Å². The fourth-order valence-corrected chi connectivity index (χ4v) is 1.80. The number of carbonyl (C=O) groups is 1. The lowest BCUT2D eigenvalue weighted by Crippen LogP contribution is -2.31. The highest BCUT2D eigenvalue weighted by molar-refractivity contribution is 5.96. The molecule has 0 saturated heterocycles. The number of anilines is 2. The lowest BCUT2D eigenvalue weighted by molar-refractivity contribution is 0.0870. The Morgan fingerprint density at radius 2 is 2.11 bits per heavy atom. The van der Waals surface area contributed by atoms with Crippen LogP contribution in [0.3, 0.4) is 0 Å². The number of methoxy groups -OCH3 is 1. The van der Waals surface area contributed by atoms with Gasteiger partial charge in [-0.25, -0.2) is 0 Å². The van der Waals surface area contributed by atoms with Crippen molar-refractivity contribution in [2.45, 2.75) is 13.0 Å². The van der Waals surface area contributed by atoms with Crippen LogP contribution in [0.2, 0.25) is 0 Å². The minimum atomic E-state index is -0.0749. The Morgan fingerprint density at radius 3 is 2.83 bits per heavy atom. The Bertz CT molecular complexity index is 434. The number of benzene rings is 1. The van der Waals surface area contributed by atoms with Gasteiger partial charge in [-0.05, 0) is 25.1 Å². The number of ether oxygens (including phenoxy) is 1. The zero-order chi connectivity index (χ0) is 13.0. The fourth-order valence-electron chi connectivity index (χ4n) is 1.80. The molecule has 0 spiro atoms. The molecule has 0 fully saturated rings. The van der Waals surface area contributed by atoms with E-state index >= 15 is 0 Å². The molecule has 0 radical (unpaired) electrons. The lowest BCUT2D eigenvalue weighted by Gasteiger charge is -2.20. The first kappa shape index (κ1) is 12.7. The molecule has 5 nitrogen and oxygen atoms in total. The molecule has 98 valence electrons. The molecule has 5 heteroatoms. The van der Waals surface area contributed by atoms with E-state index in [9.17, 15) is 4.79 Å². The molecule has 1 atom stereocenters. The summed E-state index contributed by atoms with van der Waals surface area (Å²) < 4.78 is 5.09. The summed E-state index contributed by atoms with van der Waals surface area (Å²) in [7, 11) is 1.63. The van der Waals surface area contributed by atoms with Gasteiger partial charge in [0, 0.05) is 32.3 Å². The van der Waals surface area contributed by atoms with Crippen LogP contribution in [-0.4, -0.2) is 38.8 Å². The molecule has 1 heterocycles. The molecule has 18 heavy (non-hydrogen) atoms. The molecule has 2 rings (SSSR count). The van der Waals surface area contributed by atoms with Gasteiger partial charge in [0.25, 0.3) is 5.91 Å². The summed E-state index contributed by atoms with van der Waals surface area (Å²) in [5.74, 6) is -0.0749. The summed E-state index contributed by atoms with van der Waals surface area (Å²) in [5, 5.41) is 9.38. The Morgan fingerprint density at radius 1 is 1.39 bits per heavy atom. The zero-order valence-electron chi connectivity index (χ0n) is 10.7. The minimum absolute atomic E-state index is 0.0198. The number of nitrogens with one attached hydrogen (secondary N) is 3. The van der Waals surface area contributed by atoms with E-state index in [2.05, 4.69) is 16.0 Å². The molecule has 0 aliphatic carbocycles. The minimum Gasteiger partial charge on any atom is -0.382 e. The van der Waals surface area contributed by atoms with Gasteiger partial charge in [-0.15, -0.1) is 0 Å². The van der Waals surface area contributed by atoms with Crippen molar-refractivity contribution in [2.75, 3.05) is 37.4 Å². The number of fused-ring (bicyclic) bond motifs is 1. The highest BCUT2D eigenvalue weighted by Gasteiger charge is 2.12. The van der Waals surface area contributed by atoms with Gasteiger partial charge >= 0.3 is 0 Å². The van der Waals surface area contributed by atoms with E-state index < -0.39 is 0 Å². The highest BCUT2D eigenvalue weighted by Crippen LogP contribution is 2.25. The van der Waals surface area contributed by atoms with Crippen molar-refractivity contribution in [3.05, 3.63) is 23.8 Å². The van der Waals surface area contributed by atoms with Crippen LogP contribution in [0.1, 0.15) is 17.3 Å². The molecular formula is C13H19N3O2. The average Bonchev–Trinajstić information content (AvgIpc) is 2.43. The fraction of sp³-hybridized carbons (Fsp3) is 0.462. The largest absolute Gasteiger partial charge is 0.382 e. The molecule has 0 aromatic heterocycles. The number of hydrogen-bond acceptors (Lipinski definition) is 4. The normalized spacial score (nSPS) is 15.0. The van der Waals surface area contributed by atoms with Crippen LogP contribution in [0, 0.1) is 0 Å². The molecule has 1 unspecified atom stereocenters. The van der Waals surface area contributed by atoms with Crippen molar-refractivity contribution in [3.63, 3.8) is 0 Å². The molecular weight excluding hydrogens is 230 g/mol. The van der Waals surface area contributed by atoms with Gasteiger partial charge in [0.2, 0.25) is 0 Å². The van der Waals surface area contributed by atoms with Gasteiger partial charge in [0.15, 0.2) is 0 Å². The van der Waals surface area contributed by atoms with Crippen LogP contribution in [0.5, 0.6) is 0 Å². The summed E-state index contributed by atoms with van der Waals surface area (Å²) in [6, 6.07) is 5.62. The third-order valence-electron chi connectivity index (χ3n) is 2.99. The molecule has 1 amide bonds. The Kier molecular flexibility index (Phi) is 4.04. The molecule has 0 bridgehead atoms. The van der Waals surface area contributed by atoms with E-state index in [1.165, 1.54) is 0 Å². The predicted octanol–water partition coefficient (Wildman–Crippen LogP) is 1.29. The summed E-state index contributed by atoms with van der Waals surface area (Å²) >= 11 is 0. The highest BCUT2D eigenvalue weighted by atomic mass is 16.5. The third-order valence-corrected chi connectivity index (χ3v) is 2.99. The monoisotopic (exact) mass is 249 g/mol. The molecule has 3 N–H and O–H groups in total. The maximum atomic E-state index is 11.9. The quantitative estimate of drug-likeness (QED) is 0.752. The van der Waals surface area contributed by atoms with Crippen LogP contribution in [0.15, 0.2) is 18.2 Å². The lowest BCUT2D eigenvalue weighted by atomic mass is 10.1. The second-order valence-electron chi connectivity index (χ2n) is 4.37. The summed E-state index contributed by atoms with van der Waals surface area (Å²) in [5.41, 5.74) is 2.69. The zero-order valence-corrected chi connectivity index (χ0v) is 10.7. The number of hydrogen-bond donors (Lipinski definition) is 3. The van der Waals surface area contributed by atoms with Gasteiger partial charge in [0.05, 0.1) is 17.5 Å². The topological polar surface area (TPSA) is 62.4 Å². The predicted molar refractivity (Wildman–Crippen MR) is 72.2 cm³/mol. The SMILES string of the molecule is COC(C)CNC(=O)c1ccc2c(c1)NCCN2. The van der Waals surface area contributed by atoms with Crippen molar-refractivity contribution in [3.8, 4) is 0 Å². The maximum Gasteiger partial charge on any atom is 0.251 e. The summed E-state index contributed by atoms with van der Waals surface area (Å²) in [4.78, 5) is 11.9. The van der Waals surface area contributed by atoms with Crippen LogP contribution in [0.25, 0.3) is 0 Å². The van der Waals surface area contributed by atoms with Crippen LogP contribution in [-0.2, 0) is 4.74 Å². The standard InChI is InChI=1S/C13H19N3O2/c1-9(18-2)8-16-13(17)10-3-4-11-12(7-10)15-6-5-14-11/h3-4,7,9,14-15H,5-6,8H2,1-2H3,(H,16,17). The smallest absolute Gasteiger partial charge is 0.251 e. The van der Waals surface area contributed by atoms with E-state index in [1.807, 2.05) is 25.1 Å². The maximum absolute atomic E-state index is 11.9. The Balaban J connectivity index is 2.02. The van der Waals surface area contributed by atoms with E-state index in [-0.39, 0.29) is 12.0 Å². The van der Waals surface area contributed by atoms with Gasteiger partial charge in [0.1, 0.15) is 0 Å². The van der Waals surface area contributed by atoms with Crippen LogP contribution in [0.4, 0.5) is 11.4 Å². The number of rotatable bonds is 4. The van der Waals surface area contributed by atoms with Gasteiger partial charge in [-0.2, -0.15) is 0 Å². The summed E-state index contributed by atoms with van der Waals surface area (Å²) in [6.07, 6.45) is 0.0198. The number of amides is 1. The first-order valence-corrected chi connectivity index (χ1v) is 6.13. The third kappa shape index (κ3) is 2.92. The molecule has 1 aliphatic heterocycles. The van der Waals surface area contributed by atoms with E-state index in [0.29, 0.717) is 12.1 Å². The summed E-state index contributed by atoms with van der Waals surface area (Å²) in [6.45, 7) is 4.21. The Hall–Kier alpha value is -1.75. The van der Waals surface area contributed by atoms with Crippen molar-refractivity contribution in [1.82, 2.24) is 5.32 Å². The van der Waals surface area contributed by atoms with Crippen molar-refractivity contribution >= 4 is 17.3 Å². The van der Waals surface area contributed by atoms with Crippen LogP contribution >= 0.6 is 0 Å². The molecule has 0 saturated carbocycles. The average molecular weight is 249 g/mol. The van der Waals surface area contributed by atoms with Crippen LogP contribution < -0.4 is 16.0 Å². The van der Waals surface area contributed by atoms with E-state index in [1.54, 1.807) is 7.11 Å². The van der Waals surface area contributed by atoms with Crippen molar-refractivity contribution in [1.29, 1.82) is 0 Å². The van der Waals surface area contributed by atoms with Gasteiger partial charge in [-0.3, -0.25) is 4.79 Å². The molecule has 1 aliphatic rings. The second-order valence-corrected chi connectivity index (χ2v) is 4.37.